The van der Waals surface area contributed by atoms with Crippen LogP contribution in [0.3, 0.4) is 0 Å². The smallest absolute Gasteiger partial charge is 0.252 e. The van der Waals surface area contributed by atoms with E-state index in [1.54, 1.807) is 18.3 Å². The normalized spacial score (nSPS) is 12.4. The Kier molecular flexibility index (Phi) is 11.6. The van der Waals surface area contributed by atoms with Gasteiger partial charge >= 0.3 is 0 Å². The van der Waals surface area contributed by atoms with E-state index >= 15 is 0 Å². The van der Waals surface area contributed by atoms with Gasteiger partial charge in [0.25, 0.3) is 5.91 Å². The second-order valence-corrected chi connectivity index (χ2v) is 6.79. The highest BCUT2D eigenvalue weighted by Crippen LogP contribution is 2.36. The van der Waals surface area contributed by atoms with Crippen LogP contribution in [0.5, 0.6) is 5.75 Å². The highest BCUT2D eigenvalue weighted by atomic mass is 16.5. The van der Waals surface area contributed by atoms with Crippen LogP contribution in [0.1, 0.15) is 26.5 Å². The summed E-state index contributed by atoms with van der Waals surface area (Å²) >= 11 is 0. The molecule has 1 aliphatic rings. The molecule has 0 aliphatic carbocycles. The number of hydrogen-bond donors (Lipinski definition) is 1. The molecule has 178 valence electrons. The monoisotopic (exact) mass is 448 g/mol. The standard InChI is InChI=1S/C21H30N4O5.C2H6/c1-3-25(21(26)15-29-11-10-28-9-8-27-2)18-4-5-20-19(12-18)24(6-7-30-20)14-17-13-22-16-23-17;1-2/h4-5,12-13,16H,3,6-11,14-15H2,1-2H3,(H,22,23);1-2H3. The minimum Gasteiger partial charge on any atom is -0.490 e. The maximum atomic E-state index is 12.7. The van der Waals surface area contributed by atoms with Crippen LogP contribution in [0.4, 0.5) is 11.4 Å². The van der Waals surface area contributed by atoms with E-state index < -0.39 is 0 Å². The number of amides is 1. The number of nitrogens with zero attached hydrogens (tertiary/aromatic N) is 3. The van der Waals surface area contributed by atoms with Crippen LogP contribution in [0, 0.1) is 0 Å². The fourth-order valence-electron chi connectivity index (χ4n) is 3.27. The molecule has 0 bridgehead atoms. The number of H-pyrrole nitrogens is 1. The number of anilines is 2. The lowest BCUT2D eigenvalue weighted by molar-refractivity contribution is -0.123. The van der Waals surface area contributed by atoms with E-state index in [0.717, 1.165) is 29.4 Å². The number of fused-ring (bicyclic) bond motifs is 1. The number of aromatic amines is 1. The van der Waals surface area contributed by atoms with Crippen LogP contribution in [0.2, 0.25) is 0 Å². The van der Waals surface area contributed by atoms with Crippen molar-refractivity contribution in [3.63, 3.8) is 0 Å². The Morgan fingerprint density at radius 3 is 2.72 bits per heavy atom. The van der Waals surface area contributed by atoms with E-state index in [1.807, 2.05) is 45.2 Å². The number of ether oxygens (including phenoxy) is 4. The van der Waals surface area contributed by atoms with Gasteiger partial charge in [-0.3, -0.25) is 4.79 Å². The topological polar surface area (TPSA) is 89.1 Å². The van der Waals surface area contributed by atoms with E-state index in [4.69, 9.17) is 18.9 Å². The van der Waals surface area contributed by atoms with Crippen LogP contribution in [-0.4, -0.2) is 75.7 Å². The SMILES string of the molecule is CC.CCN(C(=O)COCCOCCOC)c1ccc2c(c1)N(Cc1cnc[nH]1)CCO2. The summed E-state index contributed by atoms with van der Waals surface area (Å²) in [4.78, 5) is 23.9. The summed E-state index contributed by atoms with van der Waals surface area (Å²) in [6.45, 7) is 10.4. The van der Waals surface area contributed by atoms with Gasteiger partial charge in [-0.15, -0.1) is 0 Å². The Morgan fingerprint density at radius 1 is 1.22 bits per heavy atom. The summed E-state index contributed by atoms with van der Waals surface area (Å²) in [5.41, 5.74) is 2.81. The third-order valence-corrected chi connectivity index (χ3v) is 4.78. The molecule has 1 aliphatic heterocycles. The number of hydrogen-bond acceptors (Lipinski definition) is 7. The van der Waals surface area contributed by atoms with Gasteiger partial charge in [0.15, 0.2) is 0 Å². The predicted octanol–water partition coefficient (Wildman–Crippen LogP) is 2.87. The van der Waals surface area contributed by atoms with Gasteiger partial charge in [-0.25, -0.2) is 4.98 Å². The zero-order valence-electron chi connectivity index (χ0n) is 19.6. The molecule has 2 aromatic rings. The molecule has 0 unspecified atom stereocenters. The van der Waals surface area contributed by atoms with Gasteiger partial charge in [0.1, 0.15) is 19.0 Å². The fourth-order valence-corrected chi connectivity index (χ4v) is 3.27. The number of imidazole rings is 1. The van der Waals surface area contributed by atoms with Crippen molar-refractivity contribution in [3.8, 4) is 5.75 Å². The van der Waals surface area contributed by atoms with Gasteiger partial charge in [-0.1, -0.05) is 13.8 Å². The third kappa shape index (κ3) is 7.51. The zero-order chi connectivity index (χ0) is 23.2. The fraction of sp³-hybridized carbons (Fsp3) is 0.565. The molecule has 1 aromatic heterocycles. The third-order valence-electron chi connectivity index (χ3n) is 4.78. The first-order valence-electron chi connectivity index (χ1n) is 11.2. The molecule has 0 spiro atoms. The van der Waals surface area contributed by atoms with Gasteiger partial charge < -0.3 is 33.7 Å². The molecule has 1 aromatic carbocycles. The predicted molar refractivity (Wildman–Crippen MR) is 124 cm³/mol. The molecular weight excluding hydrogens is 412 g/mol. The first kappa shape index (κ1) is 25.6. The number of methoxy groups -OCH3 is 1. The largest absolute Gasteiger partial charge is 0.490 e. The van der Waals surface area contributed by atoms with E-state index in [0.29, 0.717) is 46.1 Å². The Bertz CT molecular complexity index is 785. The summed E-state index contributed by atoms with van der Waals surface area (Å²) in [7, 11) is 1.63. The molecule has 0 fully saturated rings. The van der Waals surface area contributed by atoms with Gasteiger partial charge in [0.05, 0.1) is 57.2 Å². The van der Waals surface area contributed by atoms with Crippen molar-refractivity contribution in [3.05, 3.63) is 36.4 Å². The highest BCUT2D eigenvalue weighted by molar-refractivity contribution is 5.95. The first-order valence-corrected chi connectivity index (χ1v) is 11.2. The summed E-state index contributed by atoms with van der Waals surface area (Å²) in [5.74, 6) is 0.726. The average molecular weight is 449 g/mol. The second-order valence-electron chi connectivity index (χ2n) is 6.79. The van der Waals surface area contributed by atoms with E-state index in [9.17, 15) is 4.79 Å². The molecule has 2 heterocycles. The lowest BCUT2D eigenvalue weighted by Gasteiger charge is -2.32. The van der Waals surface area contributed by atoms with Crippen molar-refractivity contribution < 1.29 is 23.7 Å². The molecule has 0 saturated carbocycles. The molecule has 0 radical (unpaired) electrons. The Hall–Kier alpha value is -2.62. The average Bonchev–Trinajstić information content (AvgIpc) is 3.34. The van der Waals surface area contributed by atoms with Crippen molar-refractivity contribution in [1.29, 1.82) is 0 Å². The molecule has 1 N–H and O–H groups in total. The molecule has 3 rings (SSSR count). The number of rotatable bonds is 12. The van der Waals surface area contributed by atoms with Gasteiger partial charge in [0.2, 0.25) is 0 Å². The van der Waals surface area contributed by atoms with E-state index in [-0.39, 0.29) is 12.5 Å². The van der Waals surface area contributed by atoms with Crippen LogP contribution in [-0.2, 0) is 25.5 Å². The molecule has 9 heteroatoms. The lowest BCUT2D eigenvalue weighted by atomic mass is 10.2. The summed E-state index contributed by atoms with van der Waals surface area (Å²) < 4.78 is 21.5. The Labute approximate surface area is 190 Å². The number of likely N-dealkylation sites (N-methyl/N-ethyl adjacent to an activating group) is 1. The quantitative estimate of drug-likeness (QED) is 0.500. The molecule has 0 saturated heterocycles. The van der Waals surface area contributed by atoms with Gasteiger partial charge in [-0.05, 0) is 25.1 Å². The first-order chi connectivity index (χ1) is 15.7. The van der Waals surface area contributed by atoms with Crippen LogP contribution in [0.15, 0.2) is 30.7 Å². The lowest BCUT2D eigenvalue weighted by Crippen LogP contribution is -2.35. The summed E-state index contributed by atoms with van der Waals surface area (Å²) in [6, 6.07) is 5.83. The van der Waals surface area contributed by atoms with E-state index in [1.165, 1.54) is 0 Å². The molecule has 9 nitrogen and oxygen atoms in total. The van der Waals surface area contributed by atoms with Crippen molar-refractivity contribution in [2.45, 2.75) is 27.3 Å². The van der Waals surface area contributed by atoms with Crippen LogP contribution < -0.4 is 14.5 Å². The zero-order valence-corrected chi connectivity index (χ0v) is 19.6. The number of nitrogens with one attached hydrogen (secondary N) is 1. The van der Waals surface area contributed by atoms with Crippen LogP contribution in [0.25, 0.3) is 0 Å². The molecule has 1 amide bonds. The number of carbonyl (C=O) groups excluding carboxylic acids is 1. The second kappa shape index (κ2) is 14.4. The van der Waals surface area contributed by atoms with E-state index in [2.05, 4.69) is 14.9 Å². The maximum absolute atomic E-state index is 12.7. The van der Waals surface area contributed by atoms with Gasteiger partial charge in [0, 0.05) is 25.5 Å². The maximum Gasteiger partial charge on any atom is 0.252 e. The van der Waals surface area contributed by atoms with Crippen molar-refractivity contribution in [1.82, 2.24) is 9.97 Å². The summed E-state index contributed by atoms with van der Waals surface area (Å²) in [5, 5.41) is 0. The number of carbonyl (C=O) groups is 1. The highest BCUT2D eigenvalue weighted by Gasteiger charge is 2.22. The van der Waals surface area contributed by atoms with Crippen LogP contribution >= 0.6 is 0 Å². The van der Waals surface area contributed by atoms with Gasteiger partial charge in [-0.2, -0.15) is 0 Å². The Morgan fingerprint density at radius 2 is 2.00 bits per heavy atom. The van der Waals surface area contributed by atoms with Crippen molar-refractivity contribution >= 4 is 17.3 Å². The Balaban J connectivity index is 0.00000176. The molecule has 32 heavy (non-hydrogen) atoms. The number of aromatic nitrogens is 2. The minimum atomic E-state index is -0.0915. The van der Waals surface area contributed by atoms with Crippen molar-refractivity contribution in [2.75, 3.05) is 69.6 Å². The number of benzene rings is 1. The summed E-state index contributed by atoms with van der Waals surface area (Å²) in [6.07, 6.45) is 3.49. The molecular formula is C23H36N4O5. The molecule has 0 atom stereocenters. The minimum absolute atomic E-state index is 0.00687. The van der Waals surface area contributed by atoms with Crippen molar-refractivity contribution in [2.24, 2.45) is 0 Å².